The van der Waals surface area contributed by atoms with Crippen molar-refractivity contribution in [1.29, 1.82) is 0 Å². The summed E-state index contributed by atoms with van der Waals surface area (Å²) in [6.07, 6.45) is 10.3. The van der Waals surface area contributed by atoms with Crippen LogP contribution in [0.25, 0.3) is 0 Å². The molecule has 0 bridgehead atoms. The summed E-state index contributed by atoms with van der Waals surface area (Å²) in [5.74, 6) is 3.94. The molecule has 1 amide bonds. The smallest absolute Gasteiger partial charge is 0.253 e. The van der Waals surface area contributed by atoms with Gasteiger partial charge in [-0.2, -0.15) is 11.3 Å². The van der Waals surface area contributed by atoms with E-state index in [2.05, 4.69) is 18.2 Å². The number of carbonyl (C=O) groups excluding carboxylic acids is 1. The molecule has 1 aliphatic carbocycles. The summed E-state index contributed by atoms with van der Waals surface area (Å²) >= 11 is 1.52. The second-order valence-electron chi connectivity index (χ2n) is 5.77. The maximum absolute atomic E-state index is 12.2. The highest BCUT2D eigenvalue weighted by Crippen LogP contribution is 2.35. The van der Waals surface area contributed by atoms with Gasteiger partial charge in [0.15, 0.2) is 0 Å². The third-order valence-corrected chi connectivity index (χ3v) is 4.97. The van der Waals surface area contributed by atoms with E-state index >= 15 is 0 Å². The lowest BCUT2D eigenvalue weighted by Crippen LogP contribution is -2.51. The van der Waals surface area contributed by atoms with Gasteiger partial charge in [-0.05, 0) is 43.0 Å². The molecular weight excluding hydrogens is 254 g/mol. The second-order valence-corrected chi connectivity index (χ2v) is 6.55. The number of hydrogen-bond donors (Lipinski definition) is 1. The van der Waals surface area contributed by atoms with Gasteiger partial charge >= 0.3 is 0 Å². The molecule has 0 aromatic carbocycles. The van der Waals surface area contributed by atoms with Crippen molar-refractivity contribution < 1.29 is 4.79 Å². The van der Waals surface area contributed by atoms with Crippen LogP contribution < -0.4 is 5.32 Å². The number of carbonyl (C=O) groups is 1. The fourth-order valence-electron chi connectivity index (χ4n) is 2.80. The molecular formula is C16H21NOS. The van der Waals surface area contributed by atoms with Crippen LogP contribution in [0.15, 0.2) is 16.8 Å². The van der Waals surface area contributed by atoms with Crippen LogP contribution in [-0.4, -0.2) is 11.4 Å². The average molecular weight is 275 g/mol. The van der Waals surface area contributed by atoms with Crippen LogP contribution in [0.4, 0.5) is 0 Å². The summed E-state index contributed by atoms with van der Waals surface area (Å²) in [6.45, 7) is 4.27. The normalized spacial score (nSPS) is 26.2. The number of rotatable bonds is 3. The molecule has 1 aromatic heterocycles. The molecule has 1 aromatic rings. The van der Waals surface area contributed by atoms with Crippen molar-refractivity contribution >= 4 is 17.2 Å². The predicted octanol–water partition coefficient (Wildman–Crippen LogP) is 3.70. The molecule has 1 heterocycles. The van der Waals surface area contributed by atoms with Crippen molar-refractivity contribution in [1.82, 2.24) is 5.32 Å². The average Bonchev–Trinajstić information content (AvgIpc) is 2.93. The monoisotopic (exact) mass is 275 g/mol. The zero-order valence-corrected chi connectivity index (χ0v) is 12.4. The van der Waals surface area contributed by atoms with Crippen LogP contribution in [0.1, 0.15) is 49.9 Å². The number of amides is 1. The summed E-state index contributed by atoms with van der Waals surface area (Å²) in [7, 11) is 0. The second kappa shape index (κ2) is 5.79. The van der Waals surface area contributed by atoms with Crippen LogP contribution in [0.5, 0.6) is 0 Å². The van der Waals surface area contributed by atoms with Gasteiger partial charge in [-0.1, -0.05) is 25.7 Å². The minimum absolute atomic E-state index is 0.0553. The molecule has 0 aliphatic heterocycles. The highest BCUT2D eigenvalue weighted by molar-refractivity contribution is 7.08. The van der Waals surface area contributed by atoms with E-state index in [0.29, 0.717) is 11.5 Å². The lowest BCUT2D eigenvalue weighted by Gasteiger charge is -2.38. The Kier molecular flexibility index (Phi) is 4.31. The summed E-state index contributed by atoms with van der Waals surface area (Å²) in [5, 5.41) is 6.83. The first kappa shape index (κ1) is 14.1. The molecule has 0 saturated heterocycles. The van der Waals surface area contributed by atoms with Crippen LogP contribution in [0.2, 0.25) is 0 Å². The van der Waals surface area contributed by atoms with Gasteiger partial charge < -0.3 is 5.32 Å². The van der Waals surface area contributed by atoms with Crippen LogP contribution in [-0.2, 0) is 0 Å². The topological polar surface area (TPSA) is 29.1 Å². The highest BCUT2D eigenvalue weighted by atomic mass is 32.1. The first-order valence-corrected chi connectivity index (χ1v) is 7.82. The standard InChI is InChI=1S/C16H21NOS/c1-4-16(3,14-7-5-12(2)6-8-14)17-15(18)13-9-10-19-11-13/h1,9-12,14H,5-8H2,2-3H3,(H,17,18)/t12-,14-,16-/m1/s1. The fourth-order valence-corrected chi connectivity index (χ4v) is 3.43. The zero-order valence-electron chi connectivity index (χ0n) is 11.6. The minimum atomic E-state index is -0.529. The maximum Gasteiger partial charge on any atom is 0.253 e. The number of hydrogen-bond acceptors (Lipinski definition) is 2. The van der Waals surface area contributed by atoms with Gasteiger partial charge in [0, 0.05) is 5.38 Å². The maximum atomic E-state index is 12.2. The van der Waals surface area contributed by atoms with E-state index in [0.717, 1.165) is 18.8 Å². The number of terminal acetylenes is 1. The van der Waals surface area contributed by atoms with Gasteiger partial charge in [-0.3, -0.25) is 4.79 Å². The Labute approximate surface area is 119 Å². The van der Waals surface area contributed by atoms with Crippen LogP contribution >= 0.6 is 11.3 Å². The van der Waals surface area contributed by atoms with Crippen LogP contribution in [0, 0.1) is 24.2 Å². The molecule has 19 heavy (non-hydrogen) atoms. The Morgan fingerprint density at radius 3 is 2.68 bits per heavy atom. The Morgan fingerprint density at radius 1 is 1.47 bits per heavy atom. The summed E-state index contributed by atoms with van der Waals surface area (Å²) in [4.78, 5) is 12.2. The Hall–Kier alpha value is -1.27. The van der Waals surface area contributed by atoms with Crippen molar-refractivity contribution in [2.75, 3.05) is 0 Å². The number of thiophene rings is 1. The van der Waals surface area contributed by atoms with Crippen molar-refractivity contribution in [2.24, 2.45) is 11.8 Å². The van der Waals surface area contributed by atoms with Gasteiger partial charge in [-0.15, -0.1) is 6.42 Å². The molecule has 1 aliphatic rings. The molecule has 1 atom stereocenters. The van der Waals surface area contributed by atoms with E-state index in [1.54, 1.807) is 0 Å². The molecule has 3 heteroatoms. The summed E-state index contributed by atoms with van der Waals surface area (Å²) in [6, 6.07) is 1.83. The molecule has 1 saturated carbocycles. The van der Waals surface area contributed by atoms with Crippen molar-refractivity contribution in [3.63, 3.8) is 0 Å². The van der Waals surface area contributed by atoms with E-state index in [4.69, 9.17) is 6.42 Å². The Bertz CT molecular complexity index is 465. The predicted molar refractivity (Wildman–Crippen MR) is 80.1 cm³/mol. The Morgan fingerprint density at radius 2 is 2.16 bits per heavy atom. The van der Waals surface area contributed by atoms with Gasteiger partial charge in [-0.25, -0.2) is 0 Å². The Balaban J connectivity index is 2.06. The van der Waals surface area contributed by atoms with E-state index in [9.17, 15) is 4.79 Å². The molecule has 102 valence electrons. The first-order valence-electron chi connectivity index (χ1n) is 6.87. The van der Waals surface area contributed by atoms with Crippen LogP contribution in [0.3, 0.4) is 0 Å². The van der Waals surface area contributed by atoms with E-state index < -0.39 is 5.54 Å². The minimum Gasteiger partial charge on any atom is -0.336 e. The van der Waals surface area contributed by atoms with E-state index in [1.807, 2.05) is 23.8 Å². The molecule has 1 fully saturated rings. The molecule has 0 radical (unpaired) electrons. The third-order valence-electron chi connectivity index (χ3n) is 4.29. The third kappa shape index (κ3) is 3.19. The van der Waals surface area contributed by atoms with Gasteiger partial charge in [0.2, 0.25) is 0 Å². The summed E-state index contributed by atoms with van der Waals surface area (Å²) in [5.41, 5.74) is 0.176. The van der Waals surface area contributed by atoms with Gasteiger partial charge in [0.25, 0.3) is 5.91 Å². The first-order chi connectivity index (χ1) is 9.05. The molecule has 1 N–H and O–H groups in total. The lowest BCUT2D eigenvalue weighted by molar-refractivity contribution is 0.0881. The number of nitrogens with one attached hydrogen (secondary N) is 1. The SMILES string of the molecule is C#C[C@@](C)(NC(=O)c1ccsc1)[C@H]1CC[C@H](C)CC1. The quantitative estimate of drug-likeness (QED) is 0.837. The molecule has 0 spiro atoms. The lowest BCUT2D eigenvalue weighted by atomic mass is 9.73. The van der Waals surface area contributed by atoms with Gasteiger partial charge in [0.1, 0.15) is 5.54 Å². The molecule has 0 unspecified atom stereocenters. The zero-order chi connectivity index (χ0) is 13.9. The van der Waals surface area contributed by atoms with E-state index in [-0.39, 0.29) is 5.91 Å². The summed E-state index contributed by atoms with van der Waals surface area (Å²) < 4.78 is 0. The molecule has 2 nitrogen and oxygen atoms in total. The van der Waals surface area contributed by atoms with E-state index in [1.165, 1.54) is 24.2 Å². The highest BCUT2D eigenvalue weighted by Gasteiger charge is 2.36. The van der Waals surface area contributed by atoms with Crippen molar-refractivity contribution in [3.8, 4) is 12.3 Å². The van der Waals surface area contributed by atoms with Gasteiger partial charge in [0.05, 0.1) is 5.56 Å². The fraction of sp³-hybridized carbons (Fsp3) is 0.562. The van der Waals surface area contributed by atoms with Crippen molar-refractivity contribution in [3.05, 3.63) is 22.4 Å². The largest absolute Gasteiger partial charge is 0.336 e. The van der Waals surface area contributed by atoms with Crippen molar-refractivity contribution in [2.45, 2.75) is 45.1 Å². The molecule has 2 rings (SSSR count).